The highest BCUT2D eigenvalue weighted by molar-refractivity contribution is 5.94. The number of ketones is 1. The molecule has 0 saturated heterocycles. The van der Waals surface area contributed by atoms with Gasteiger partial charge in [0.1, 0.15) is 0 Å². The first kappa shape index (κ1) is 12.9. The second-order valence-corrected chi connectivity index (χ2v) is 4.89. The van der Waals surface area contributed by atoms with E-state index in [9.17, 15) is 9.59 Å². The normalized spacial score (nSPS) is 23.9. The molecule has 1 unspecified atom stereocenters. The van der Waals surface area contributed by atoms with Crippen LogP contribution < -0.4 is 0 Å². The van der Waals surface area contributed by atoms with Crippen LogP contribution in [0.2, 0.25) is 0 Å². The van der Waals surface area contributed by atoms with Crippen molar-refractivity contribution in [2.24, 2.45) is 11.3 Å². The maximum Gasteiger partial charge on any atom is 0.313 e. The topological polar surface area (TPSA) is 43.4 Å². The average Bonchev–Trinajstić information content (AvgIpc) is 2.14. The molecule has 1 aliphatic carbocycles. The first-order valence-corrected chi connectivity index (χ1v) is 5.82. The Hall–Kier alpha value is -1.12. The molecule has 1 atom stereocenters. The third-order valence-electron chi connectivity index (χ3n) is 3.06. The summed E-state index contributed by atoms with van der Waals surface area (Å²) in [4.78, 5) is 23.5. The van der Waals surface area contributed by atoms with Crippen LogP contribution in [0.5, 0.6) is 0 Å². The molecule has 0 spiro atoms. The van der Waals surface area contributed by atoms with Gasteiger partial charge in [0.2, 0.25) is 0 Å². The first-order chi connectivity index (χ1) is 7.42. The van der Waals surface area contributed by atoms with Gasteiger partial charge in [0.25, 0.3) is 0 Å². The quantitative estimate of drug-likeness (QED) is 0.692. The van der Waals surface area contributed by atoms with E-state index in [1.54, 1.807) is 13.0 Å². The number of carbonyl (C=O) groups excluding carboxylic acids is 2. The van der Waals surface area contributed by atoms with Crippen molar-refractivity contribution in [1.29, 1.82) is 0 Å². The number of rotatable bonds is 3. The zero-order valence-electron chi connectivity index (χ0n) is 10.5. The van der Waals surface area contributed by atoms with Crippen LogP contribution >= 0.6 is 0 Å². The largest absolute Gasteiger partial charge is 0.466 e. The summed E-state index contributed by atoms with van der Waals surface area (Å²) >= 11 is 0. The van der Waals surface area contributed by atoms with Gasteiger partial charge in [-0.2, -0.15) is 0 Å². The highest BCUT2D eigenvalue weighted by Crippen LogP contribution is 2.41. The Bertz CT molecular complexity index is 326. The van der Waals surface area contributed by atoms with Crippen LogP contribution in [0.25, 0.3) is 0 Å². The number of hydrogen-bond acceptors (Lipinski definition) is 3. The lowest BCUT2D eigenvalue weighted by molar-refractivity contribution is -0.151. The van der Waals surface area contributed by atoms with Gasteiger partial charge in [-0.1, -0.05) is 26.3 Å². The molecule has 0 aromatic rings. The van der Waals surface area contributed by atoms with E-state index in [1.165, 1.54) is 0 Å². The van der Waals surface area contributed by atoms with Gasteiger partial charge >= 0.3 is 5.97 Å². The second kappa shape index (κ2) is 4.81. The third-order valence-corrected chi connectivity index (χ3v) is 3.06. The summed E-state index contributed by atoms with van der Waals surface area (Å²) in [6, 6.07) is 0. The van der Waals surface area contributed by atoms with Crippen LogP contribution in [-0.2, 0) is 14.3 Å². The second-order valence-electron chi connectivity index (χ2n) is 4.89. The monoisotopic (exact) mass is 224 g/mol. The molecule has 0 N–H and O–H groups in total. The Balaban J connectivity index is 3.04. The van der Waals surface area contributed by atoms with Gasteiger partial charge in [-0.25, -0.2) is 0 Å². The minimum atomic E-state index is -0.330. The summed E-state index contributed by atoms with van der Waals surface area (Å²) in [5.41, 5.74) is 0.573. The summed E-state index contributed by atoms with van der Waals surface area (Å²) in [5.74, 6) is -0.356. The standard InChI is InChI=1S/C13H20O3/c1-5-9-7-10(14)8-13(3,4)11(9)12(15)16-6-2/h7,11H,5-6,8H2,1-4H3. The molecule has 16 heavy (non-hydrogen) atoms. The van der Waals surface area contributed by atoms with Gasteiger partial charge in [0.05, 0.1) is 12.5 Å². The van der Waals surface area contributed by atoms with Crippen LogP contribution in [0, 0.1) is 11.3 Å². The van der Waals surface area contributed by atoms with E-state index in [2.05, 4.69) is 0 Å². The van der Waals surface area contributed by atoms with E-state index in [4.69, 9.17) is 4.74 Å². The Morgan fingerprint density at radius 3 is 2.62 bits per heavy atom. The van der Waals surface area contributed by atoms with Gasteiger partial charge in [0, 0.05) is 6.42 Å². The summed E-state index contributed by atoms with van der Waals surface area (Å²) in [5, 5.41) is 0. The van der Waals surface area contributed by atoms with Crippen LogP contribution in [0.15, 0.2) is 11.6 Å². The molecular formula is C13H20O3. The lowest BCUT2D eigenvalue weighted by atomic mass is 9.67. The number of ether oxygens (including phenoxy) is 1. The van der Waals surface area contributed by atoms with Crippen molar-refractivity contribution in [2.75, 3.05) is 6.61 Å². The fourth-order valence-corrected chi connectivity index (χ4v) is 2.40. The fourth-order valence-electron chi connectivity index (χ4n) is 2.40. The maximum atomic E-state index is 11.9. The smallest absolute Gasteiger partial charge is 0.313 e. The van der Waals surface area contributed by atoms with Crippen molar-refractivity contribution in [2.45, 2.75) is 40.5 Å². The summed E-state index contributed by atoms with van der Waals surface area (Å²) < 4.78 is 5.09. The number of allylic oxidation sites excluding steroid dienone is 1. The molecule has 3 heteroatoms. The molecule has 0 fully saturated rings. The van der Waals surface area contributed by atoms with Crippen molar-refractivity contribution in [3.8, 4) is 0 Å². The molecule has 1 rings (SSSR count). The number of esters is 1. The zero-order valence-corrected chi connectivity index (χ0v) is 10.5. The maximum absolute atomic E-state index is 11.9. The molecule has 3 nitrogen and oxygen atoms in total. The lowest BCUT2D eigenvalue weighted by Crippen LogP contribution is -2.38. The minimum Gasteiger partial charge on any atom is -0.466 e. The molecule has 0 aliphatic heterocycles. The molecule has 0 saturated carbocycles. The first-order valence-electron chi connectivity index (χ1n) is 5.82. The van der Waals surface area contributed by atoms with Crippen molar-refractivity contribution >= 4 is 11.8 Å². The molecule has 1 aliphatic rings. The van der Waals surface area contributed by atoms with E-state index in [1.807, 2.05) is 20.8 Å². The Morgan fingerprint density at radius 2 is 2.12 bits per heavy atom. The Morgan fingerprint density at radius 1 is 1.50 bits per heavy atom. The van der Waals surface area contributed by atoms with Crippen LogP contribution in [0.3, 0.4) is 0 Å². The van der Waals surface area contributed by atoms with E-state index in [0.717, 1.165) is 12.0 Å². The van der Waals surface area contributed by atoms with Gasteiger partial charge < -0.3 is 4.74 Å². The number of hydrogen-bond donors (Lipinski definition) is 0. The lowest BCUT2D eigenvalue weighted by Gasteiger charge is -2.36. The van der Waals surface area contributed by atoms with Crippen LogP contribution in [0.4, 0.5) is 0 Å². The predicted molar refractivity (Wildman–Crippen MR) is 61.9 cm³/mol. The van der Waals surface area contributed by atoms with Gasteiger partial charge in [-0.3, -0.25) is 9.59 Å². The van der Waals surface area contributed by atoms with Crippen LogP contribution in [0.1, 0.15) is 40.5 Å². The highest BCUT2D eigenvalue weighted by atomic mass is 16.5. The molecular weight excluding hydrogens is 204 g/mol. The summed E-state index contributed by atoms with van der Waals surface area (Å²) in [6.45, 7) is 8.06. The van der Waals surface area contributed by atoms with Crippen molar-refractivity contribution < 1.29 is 14.3 Å². The fraction of sp³-hybridized carbons (Fsp3) is 0.692. The van der Waals surface area contributed by atoms with Gasteiger partial charge in [-0.05, 0) is 24.8 Å². The molecule has 0 heterocycles. The molecule has 0 radical (unpaired) electrons. The summed E-state index contributed by atoms with van der Waals surface area (Å²) in [7, 11) is 0. The Labute approximate surface area is 96.9 Å². The van der Waals surface area contributed by atoms with Crippen molar-refractivity contribution in [3.05, 3.63) is 11.6 Å². The SMILES string of the molecule is CCOC(=O)C1C(CC)=CC(=O)CC1(C)C. The Kier molecular flexibility index (Phi) is 3.89. The zero-order chi connectivity index (χ0) is 12.3. The third kappa shape index (κ3) is 2.52. The predicted octanol–water partition coefficient (Wildman–Crippen LogP) is 2.50. The van der Waals surface area contributed by atoms with E-state index < -0.39 is 0 Å². The average molecular weight is 224 g/mol. The molecule has 0 aromatic heterocycles. The highest BCUT2D eigenvalue weighted by Gasteiger charge is 2.42. The minimum absolute atomic E-state index is 0.113. The molecule has 0 aromatic carbocycles. The van der Waals surface area contributed by atoms with Crippen molar-refractivity contribution in [3.63, 3.8) is 0 Å². The van der Waals surface area contributed by atoms with Gasteiger partial charge in [-0.15, -0.1) is 0 Å². The molecule has 90 valence electrons. The van der Waals surface area contributed by atoms with Crippen LogP contribution in [-0.4, -0.2) is 18.4 Å². The summed E-state index contributed by atoms with van der Waals surface area (Å²) in [6.07, 6.45) is 2.76. The van der Waals surface area contributed by atoms with Crippen molar-refractivity contribution in [1.82, 2.24) is 0 Å². The molecule has 0 amide bonds. The molecule has 0 bridgehead atoms. The van der Waals surface area contributed by atoms with E-state index in [0.29, 0.717) is 13.0 Å². The van der Waals surface area contributed by atoms with Gasteiger partial charge in [0.15, 0.2) is 5.78 Å². The number of carbonyl (C=O) groups is 2. The van der Waals surface area contributed by atoms with E-state index in [-0.39, 0.29) is 23.1 Å². The van der Waals surface area contributed by atoms with E-state index >= 15 is 0 Å².